The Balaban J connectivity index is 2.91. The molecule has 1 rings (SSSR count). The van der Waals surface area contributed by atoms with Crippen molar-refractivity contribution in [1.82, 2.24) is 4.98 Å². The van der Waals surface area contributed by atoms with E-state index in [0.29, 0.717) is 13.2 Å². The van der Waals surface area contributed by atoms with Gasteiger partial charge in [-0.25, -0.2) is 4.98 Å². The summed E-state index contributed by atoms with van der Waals surface area (Å²) in [5.41, 5.74) is 5.62. The summed E-state index contributed by atoms with van der Waals surface area (Å²) >= 11 is 0. The summed E-state index contributed by atoms with van der Waals surface area (Å²) in [5.74, 6) is 1.68. The Morgan fingerprint density at radius 2 is 2.32 bits per heavy atom. The zero-order valence-corrected chi connectivity index (χ0v) is 11.7. The van der Waals surface area contributed by atoms with Gasteiger partial charge < -0.3 is 20.6 Å². The van der Waals surface area contributed by atoms with E-state index >= 15 is 0 Å². The quantitative estimate of drug-likeness (QED) is 0.339. The van der Waals surface area contributed by atoms with Crippen LogP contribution in [0.4, 0.5) is 5.82 Å². The third-order valence-electron chi connectivity index (χ3n) is 2.85. The zero-order chi connectivity index (χ0) is 14.3. The van der Waals surface area contributed by atoms with Crippen molar-refractivity contribution in [2.24, 2.45) is 16.8 Å². The summed E-state index contributed by atoms with van der Waals surface area (Å²) in [4.78, 5) is 6.41. The van der Waals surface area contributed by atoms with Gasteiger partial charge in [0, 0.05) is 25.2 Å². The first-order valence-electron chi connectivity index (χ1n) is 6.44. The molecule has 19 heavy (non-hydrogen) atoms. The smallest absolute Gasteiger partial charge is 0.171 e. The molecule has 0 spiro atoms. The van der Waals surface area contributed by atoms with Crippen LogP contribution in [0.3, 0.4) is 0 Å². The van der Waals surface area contributed by atoms with Gasteiger partial charge in [0.25, 0.3) is 0 Å². The fraction of sp³-hybridized carbons (Fsp3) is 0.538. The maximum atomic E-state index is 8.70. The second kappa shape index (κ2) is 7.45. The molecule has 106 valence electrons. The number of rotatable bonds is 7. The minimum Gasteiger partial charge on any atom is -0.490 e. The Labute approximate surface area is 113 Å². The van der Waals surface area contributed by atoms with E-state index in [1.807, 2.05) is 37.8 Å². The molecule has 1 aromatic heterocycles. The lowest BCUT2D eigenvalue weighted by Gasteiger charge is -2.26. The number of nitrogens with two attached hydrogens (primary N) is 1. The molecule has 0 aliphatic carbocycles. The molecule has 3 N–H and O–H groups in total. The van der Waals surface area contributed by atoms with E-state index in [2.05, 4.69) is 10.1 Å². The molecule has 1 unspecified atom stereocenters. The molecular formula is C13H22N4O2. The second-order valence-corrected chi connectivity index (χ2v) is 4.22. The Bertz CT molecular complexity index is 423. The molecule has 0 aromatic carbocycles. The van der Waals surface area contributed by atoms with Crippen molar-refractivity contribution in [3.8, 4) is 5.75 Å². The topological polar surface area (TPSA) is 84.0 Å². The maximum Gasteiger partial charge on any atom is 0.171 e. The zero-order valence-electron chi connectivity index (χ0n) is 11.7. The predicted octanol–water partition coefficient (Wildman–Crippen LogP) is 1.69. The lowest BCUT2D eigenvalue weighted by Crippen LogP contribution is -2.35. The van der Waals surface area contributed by atoms with Gasteiger partial charge in [0.1, 0.15) is 5.84 Å². The molecule has 0 aliphatic rings. The highest BCUT2D eigenvalue weighted by Gasteiger charge is 2.17. The Kier molecular flexibility index (Phi) is 5.92. The Morgan fingerprint density at radius 3 is 2.89 bits per heavy atom. The largest absolute Gasteiger partial charge is 0.490 e. The van der Waals surface area contributed by atoms with Crippen LogP contribution in [-0.2, 0) is 0 Å². The first-order chi connectivity index (χ1) is 9.13. The highest BCUT2D eigenvalue weighted by molar-refractivity contribution is 5.82. The molecule has 0 saturated carbocycles. The summed E-state index contributed by atoms with van der Waals surface area (Å²) in [6, 6.07) is 3.73. The molecule has 0 aliphatic heterocycles. The van der Waals surface area contributed by atoms with Gasteiger partial charge in [0.05, 0.1) is 6.61 Å². The van der Waals surface area contributed by atoms with Gasteiger partial charge in [-0.05, 0) is 26.0 Å². The van der Waals surface area contributed by atoms with E-state index in [9.17, 15) is 0 Å². The molecule has 6 heteroatoms. The highest BCUT2D eigenvalue weighted by atomic mass is 16.5. The summed E-state index contributed by atoms with van der Waals surface area (Å²) in [5, 5.41) is 11.7. The van der Waals surface area contributed by atoms with Crippen molar-refractivity contribution in [1.29, 1.82) is 0 Å². The van der Waals surface area contributed by atoms with E-state index in [0.717, 1.165) is 18.1 Å². The molecule has 0 saturated heterocycles. The van der Waals surface area contributed by atoms with Gasteiger partial charge in [-0.1, -0.05) is 12.1 Å². The maximum absolute atomic E-state index is 8.70. The summed E-state index contributed by atoms with van der Waals surface area (Å²) < 4.78 is 5.57. The number of nitrogens with zero attached hydrogens (tertiary/aromatic N) is 3. The van der Waals surface area contributed by atoms with Crippen molar-refractivity contribution in [2.45, 2.75) is 20.8 Å². The second-order valence-electron chi connectivity index (χ2n) is 4.22. The van der Waals surface area contributed by atoms with Crippen LogP contribution in [0.5, 0.6) is 5.75 Å². The first kappa shape index (κ1) is 15.1. The molecular weight excluding hydrogens is 244 g/mol. The standard InChI is InChI=1S/C13H22N4O2/c1-4-17(9-10(3)12(14)16-18)13-11(19-5-2)7-6-8-15-13/h6-8,10,18H,4-5,9H2,1-3H3,(H2,14,16). The van der Waals surface area contributed by atoms with Gasteiger partial charge in [-0.2, -0.15) is 0 Å². The van der Waals surface area contributed by atoms with Crippen molar-refractivity contribution in [3.05, 3.63) is 18.3 Å². The van der Waals surface area contributed by atoms with E-state index < -0.39 is 0 Å². The molecule has 0 fully saturated rings. The number of ether oxygens (including phenoxy) is 1. The van der Waals surface area contributed by atoms with Crippen LogP contribution in [-0.4, -0.2) is 35.7 Å². The van der Waals surface area contributed by atoms with Crippen molar-refractivity contribution in [3.63, 3.8) is 0 Å². The normalized spacial score (nSPS) is 13.1. The van der Waals surface area contributed by atoms with Gasteiger partial charge in [-0.15, -0.1) is 0 Å². The predicted molar refractivity (Wildman–Crippen MR) is 75.9 cm³/mol. The third-order valence-corrected chi connectivity index (χ3v) is 2.85. The van der Waals surface area contributed by atoms with Gasteiger partial charge >= 0.3 is 0 Å². The lowest BCUT2D eigenvalue weighted by molar-refractivity contribution is 0.314. The fourth-order valence-electron chi connectivity index (χ4n) is 1.78. The van der Waals surface area contributed by atoms with Crippen LogP contribution >= 0.6 is 0 Å². The third kappa shape index (κ3) is 4.01. The monoisotopic (exact) mass is 266 g/mol. The first-order valence-corrected chi connectivity index (χ1v) is 6.44. The average Bonchev–Trinajstić information content (AvgIpc) is 2.44. The van der Waals surface area contributed by atoms with E-state index in [4.69, 9.17) is 15.7 Å². The summed E-state index contributed by atoms with van der Waals surface area (Å²) in [7, 11) is 0. The van der Waals surface area contributed by atoms with Crippen LogP contribution in [0.15, 0.2) is 23.5 Å². The number of hydrogen-bond donors (Lipinski definition) is 2. The molecule has 0 radical (unpaired) electrons. The lowest BCUT2D eigenvalue weighted by atomic mass is 10.1. The fourth-order valence-corrected chi connectivity index (χ4v) is 1.78. The molecule has 6 nitrogen and oxygen atoms in total. The molecule has 1 atom stereocenters. The van der Waals surface area contributed by atoms with Gasteiger partial charge in [0.2, 0.25) is 0 Å². The SMILES string of the molecule is CCOc1cccnc1N(CC)CC(C)/C(N)=N/O. The average molecular weight is 266 g/mol. The Hall–Kier alpha value is -1.98. The molecule has 1 aromatic rings. The van der Waals surface area contributed by atoms with Crippen LogP contribution < -0.4 is 15.4 Å². The van der Waals surface area contributed by atoms with E-state index in [1.165, 1.54) is 0 Å². The van der Waals surface area contributed by atoms with Crippen LogP contribution in [0.25, 0.3) is 0 Å². The highest BCUT2D eigenvalue weighted by Crippen LogP contribution is 2.25. The molecule has 1 heterocycles. The van der Waals surface area contributed by atoms with Crippen LogP contribution in [0.2, 0.25) is 0 Å². The Morgan fingerprint density at radius 1 is 1.58 bits per heavy atom. The van der Waals surface area contributed by atoms with Gasteiger partial charge in [-0.3, -0.25) is 0 Å². The minimum absolute atomic E-state index is 0.0681. The summed E-state index contributed by atoms with van der Waals surface area (Å²) in [6.07, 6.45) is 1.73. The number of oxime groups is 1. The number of aromatic nitrogens is 1. The van der Waals surface area contributed by atoms with Crippen LogP contribution in [0, 0.1) is 5.92 Å². The number of anilines is 1. The number of pyridine rings is 1. The van der Waals surface area contributed by atoms with Crippen molar-refractivity contribution in [2.75, 3.05) is 24.6 Å². The van der Waals surface area contributed by atoms with E-state index in [1.54, 1.807) is 6.20 Å². The molecule has 0 bridgehead atoms. The summed E-state index contributed by atoms with van der Waals surface area (Å²) in [6.45, 7) is 7.84. The van der Waals surface area contributed by atoms with Crippen molar-refractivity contribution >= 4 is 11.7 Å². The van der Waals surface area contributed by atoms with Crippen molar-refractivity contribution < 1.29 is 9.94 Å². The number of hydrogen-bond acceptors (Lipinski definition) is 5. The van der Waals surface area contributed by atoms with E-state index in [-0.39, 0.29) is 11.8 Å². The molecule has 0 amide bonds. The minimum atomic E-state index is -0.0681. The van der Waals surface area contributed by atoms with Gasteiger partial charge in [0.15, 0.2) is 11.6 Å². The number of amidine groups is 1. The van der Waals surface area contributed by atoms with Crippen LogP contribution in [0.1, 0.15) is 20.8 Å².